The van der Waals surface area contributed by atoms with Crippen LogP contribution in [0, 0.1) is 0 Å². The minimum atomic E-state index is -0.888. The van der Waals surface area contributed by atoms with Crippen molar-refractivity contribution in [2.75, 3.05) is 13.7 Å². The molecule has 0 bridgehead atoms. The number of aliphatic carboxylic acids is 1. The molecule has 5 heteroatoms. The van der Waals surface area contributed by atoms with Gasteiger partial charge in [0, 0.05) is 12.6 Å². The van der Waals surface area contributed by atoms with Crippen molar-refractivity contribution in [2.24, 2.45) is 0 Å². The van der Waals surface area contributed by atoms with Crippen LogP contribution in [0.15, 0.2) is 24.3 Å². The average Bonchev–Trinajstić information content (AvgIpc) is 2.47. The molecule has 0 saturated carbocycles. The van der Waals surface area contributed by atoms with Crippen molar-refractivity contribution in [3.05, 3.63) is 29.8 Å². The zero-order chi connectivity index (χ0) is 15.8. The van der Waals surface area contributed by atoms with Crippen LogP contribution in [0.3, 0.4) is 0 Å². The molecule has 1 rings (SSSR count). The lowest BCUT2D eigenvalue weighted by Gasteiger charge is -2.28. The Hall–Kier alpha value is -2.04. The van der Waals surface area contributed by atoms with Crippen molar-refractivity contribution < 1.29 is 19.4 Å². The highest BCUT2D eigenvalue weighted by Gasteiger charge is 2.19. The van der Waals surface area contributed by atoms with Gasteiger partial charge in [-0.1, -0.05) is 19.1 Å². The summed E-state index contributed by atoms with van der Waals surface area (Å²) in [7, 11) is 1.59. The zero-order valence-electron chi connectivity index (χ0n) is 12.8. The number of benzene rings is 1. The summed E-state index contributed by atoms with van der Waals surface area (Å²) in [4.78, 5) is 24.7. The Balaban J connectivity index is 2.72. The number of carboxylic acids is 1. The second-order valence-corrected chi connectivity index (χ2v) is 5.01. The Morgan fingerprint density at radius 2 is 1.90 bits per heavy atom. The van der Waals surface area contributed by atoms with Crippen LogP contribution >= 0.6 is 0 Å². The predicted molar refractivity (Wildman–Crippen MR) is 80.4 cm³/mol. The number of methoxy groups -OCH3 is 1. The molecular weight excluding hydrogens is 270 g/mol. The number of hydrogen-bond donors (Lipinski definition) is 1. The van der Waals surface area contributed by atoms with Crippen molar-refractivity contribution >= 4 is 11.9 Å². The van der Waals surface area contributed by atoms with E-state index >= 15 is 0 Å². The molecule has 1 amide bonds. The summed E-state index contributed by atoms with van der Waals surface area (Å²) in [5.74, 6) is -0.188. The first kappa shape index (κ1) is 17.0. The van der Waals surface area contributed by atoms with Crippen LogP contribution in [0.2, 0.25) is 0 Å². The fourth-order valence-electron chi connectivity index (χ4n) is 2.05. The average molecular weight is 293 g/mol. The van der Waals surface area contributed by atoms with Crippen LogP contribution in [0.1, 0.15) is 32.3 Å². The molecule has 0 fully saturated rings. The van der Waals surface area contributed by atoms with Gasteiger partial charge in [0.25, 0.3) is 0 Å². The van der Waals surface area contributed by atoms with Crippen molar-refractivity contribution in [2.45, 2.75) is 39.2 Å². The third kappa shape index (κ3) is 5.45. The summed E-state index contributed by atoms with van der Waals surface area (Å²) < 4.78 is 5.08. The van der Waals surface area contributed by atoms with Crippen LogP contribution in [0.5, 0.6) is 5.75 Å². The van der Waals surface area contributed by atoms with Gasteiger partial charge in [0.1, 0.15) is 5.75 Å². The van der Waals surface area contributed by atoms with Crippen LogP contribution in [0.4, 0.5) is 0 Å². The first-order valence-corrected chi connectivity index (χ1v) is 7.12. The van der Waals surface area contributed by atoms with Gasteiger partial charge in [0.15, 0.2) is 0 Å². The van der Waals surface area contributed by atoms with Crippen molar-refractivity contribution in [1.29, 1.82) is 0 Å². The molecule has 0 heterocycles. The van der Waals surface area contributed by atoms with Crippen LogP contribution in [-0.2, 0) is 16.0 Å². The lowest BCUT2D eigenvalue weighted by Crippen LogP contribution is -2.40. The normalized spacial score (nSPS) is 11.8. The van der Waals surface area contributed by atoms with E-state index in [1.165, 1.54) is 0 Å². The number of carbonyl (C=O) groups is 2. The Kier molecular flexibility index (Phi) is 6.72. The molecular formula is C16H23NO4. The molecule has 0 aromatic heterocycles. The first-order chi connectivity index (χ1) is 9.97. The second kappa shape index (κ2) is 8.29. The van der Waals surface area contributed by atoms with E-state index in [-0.39, 0.29) is 31.3 Å². The van der Waals surface area contributed by atoms with Crippen molar-refractivity contribution in [3.63, 3.8) is 0 Å². The zero-order valence-corrected chi connectivity index (χ0v) is 12.8. The van der Waals surface area contributed by atoms with E-state index in [2.05, 4.69) is 0 Å². The molecule has 5 nitrogen and oxygen atoms in total. The van der Waals surface area contributed by atoms with E-state index < -0.39 is 5.97 Å². The van der Waals surface area contributed by atoms with Gasteiger partial charge in [-0.25, -0.2) is 0 Å². The highest BCUT2D eigenvalue weighted by Crippen LogP contribution is 2.14. The lowest BCUT2D eigenvalue weighted by molar-refractivity contribution is -0.139. The number of ether oxygens (including phenoxy) is 1. The molecule has 0 aliphatic rings. The van der Waals surface area contributed by atoms with Gasteiger partial charge >= 0.3 is 5.97 Å². The summed E-state index contributed by atoms with van der Waals surface area (Å²) in [6.45, 7) is 4.17. The Bertz CT molecular complexity index is 470. The topological polar surface area (TPSA) is 66.8 Å². The van der Waals surface area contributed by atoms with E-state index in [1.807, 2.05) is 38.1 Å². The van der Waals surface area contributed by atoms with Crippen molar-refractivity contribution in [3.8, 4) is 5.75 Å². The molecule has 116 valence electrons. The fraction of sp³-hybridized carbons (Fsp3) is 0.500. The molecule has 0 saturated heterocycles. The number of carbonyl (C=O) groups excluding carboxylic acids is 1. The molecule has 1 atom stereocenters. The maximum Gasteiger partial charge on any atom is 0.305 e. The SMILES string of the molecule is CCC(C)N(CCC(=O)O)C(=O)Cc1ccc(OC)cc1. The molecule has 1 aromatic carbocycles. The van der Waals surface area contributed by atoms with Crippen LogP contribution < -0.4 is 4.74 Å². The first-order valence-electron chi connectivity index (χ1n) is 7.12. The molecule has 1 aromatic rings. The minimum Gasteiger partial charge on any atom is -0.497 e. The molecule has 0 spiro atoms. The molecule has 1 N–H and O–H groups in total. The fourth-order valence-corrected chi connectivity index (χ4v) is 2.05. The molecule has 0 aliphatic carbocycles. The van der Waals surface area contributed by atoms with E-state index in [1.54, 1.807) is 12.0 Å². The van der Waals surface area contributed by atoms with E-state index in [0.717, 1.165) is 17.7 Å². The quantitative estimate of drug-likeness (QED) is 0.799. The second-order valence-electron chi connectivity index (χ2n) is 5.01. The minimum absolute atomic E-state index is 0.0291. The maximum atomic E-state index is 12.4. The van der Waals surface area contributed by atoms with Gasteiger partial charge in [0.2, 0.25) is 5.91 Å². The monoisotopic (exact) mass is 293 g/mol. The predicted octanol–water partition coefficient (Wildman–Crippen LogP) is 2.34. The number of amides is 1. The molecule has 21 heavy (non-hydrogen) atoms. The standard InChI is InChI=1S/C16H23NO4/c1-4-12(2)17(10-9-16(19)20)15(18)11-13-5-7-14(21-3)8-6-13/h5-8,12H,4,9-11H2,1-3H3,(H,19,20). The largest absolute Gasteiger partial charge is 0.497 e. The summed E-state index contributed by atoms with van der Waals surface area (Å²) in [6.07, 6.45) is 1.04. The number of hydrogen-bond acceptors (Lipinski definition) is 3. The third-order valence-electron chi connectivity index (χ3n) is 3.52. The Morgan fingerprint density at radius 3 is 2.38 bits per heavy atom. The van der Waals surface area contributed by atoms with Crippen molar-refractivity contribution in [1.82, 2.24) is 4.90 Å². The Morgan fingerprint density at radius 1 is 1.29 bits per heavy atom. The summed E-state index contributed by atoms with van der Waals surface area (Å²) in [5, 5.41) is 8.79. The van der Waals surface area contributed by atoms with E-state index in [9.17, 15) is 9.59 Å². The summed E-state index contributed by atoms with van der Waals surface area (Å²) >= 11 is 0. The number of nitrogens with zero attached hydrogens (tertiary/aromatic N) is 1. The van der Waals surface area contributed by atoms with Gasteiger partial charge in [-0.05, 0) is 31.0 Å². The van der Waals surface area contributed by atoms with Gasteiger partial charge in [0.05, 0.1) is 20.0 Å². The highest BCUT2D eigenvalue weighted by atomic mass is 16.5. The lowest BCUT2D eigenvalue weighted by atomic mass is 10.1. The number of carboxylic acid groups (broad SMARTS) is 1. The van der Waals surface area contributed by atoms with Crippen LogP contribution in [0.25, 0.3) is 0 Å². The third-order valence-corrected chi connectivity index (χ3v) is 3.52. The Labute approximate surface area is 125 Å². The van der Waals surface area contributed by atoms with Crippen LogP contribution in [-0.4, -0.2) is 41.6 Å². The molecule has 0 aliphatic heterocycles. The maximum absolute atomic E-state index is 12.4. The number of rotatable bonds is 8. The molecule has 1 unspecified atom stereocenters. The summed E-state index contributed by atoms with van der Waals surface area (Å²) in [5.41, 5.74) is 0.893. The van der Waals surface area contributed by atoms with Gasteiger partial charge in [-0.3, -0.25) is 9.59 Å². The van der Waals surface area contributed by atoms with E-state index in [4.69, 9.17) is 9.84 Å². The van der Waals surface area contributed by atoms with E-state index in [0.29, 0.717) is 0 Å². The molecule has 0 radical (unpaired) electrons. The summed E-state index contributed by atoms with van der Waals surface area (Å²) in [6, 6.07) is 7.36. The highest BCUT2D eigenvalue weighted by molar-refractivity contribution is 5.79. The van der Waals surface area contributed by atoms with Gasteiger partial charge in [-0.2, -0.15) is 0 Å². The van der Waals surface area contributed by atoms with Gasteiger partial charge < -0.3 is 14.7 Å². The van der Waals surface area contributed by atoms with Gasteiger partial charge in [-0.15, -0.1) is 0 Å². The smallest absolute Gasteiger partial charge is 0.305 e.